The van der Waals surface area contributed by atoms with E-state index >= 15 is 0 Å². The molecule has 2 aromatic carbocycles. The topological polar surface area (TPSA) is 72.5 Å². The summed E-state index contributed by atoms with van der Waals surface area (Å²) in [5, 5.41) is 14.7. The number of nitrogens with zero attached hydrogens (tertiary/aromatic N) is 3. The fraction of sp³-hybridized carbons (Fsp3) is 0. The van der Waals surface area contributed by atoms with E-state index < -0.39 is 4.92 Å². The van der Waals surface area contributed by atoms with E-state index in [-0.39, 0.29) is 5.69 Å². The van der Waals surface area contributed by atoms with Gasteiger partial charge in [0.1, 0.15) is 0 Å². The van der Waals surface area contributed by atoms with E-state index in [1.54, 1.807) is 18.3 Å². The smallest absolute Gasteiger partial charge is 0.269 e. The number of anilines is 1. The van der Waals surface area contributed by atoms with Gasteiger partial charge in [0.25, 0.3) is 5.69 Å². The van der Waals surface area contributed by atoms with Crippen LogP contribution < -0.4 is 5.43 Å². The van der Waals surface area contributed by atoms with Crippen LogP contribution in [0.1, 0.15) is 5.56 Å². The van der Waals surface area contributed by atoms with Gasteiger partial charge in [-0.05, 0) is 30.3 Å². The summed E-state index contributed by atoms with van der Waals surface area (Å²) in [6.45, 7) is 0. The Hall–Kier alpha value is -3.41. The molecule has 0 atom stereocenters. The molecule has 0 bridgehead atoms. The Morgan fingerprint density at radius 3 is 2.48 bits per heavy atom. The highest BCUT2D eigenvalue weighted by Gasteiger charge is 2.02. The molecule has 0 aliphatic heterocycles. The van der Waals surface area contributed by atoms with Crippen LogP contribution in [0.25, 0.3) is 5.69 Å². The Kier molecular flexibility index (Phi) is 4.15. The van der Waals surface area contributed by atoms with Crippen molar-refractivity contribution in [2.24, 2.45) is 5.10 Å². The first-order valence-electron chi connectivity index (χ1n) is 6.99. The quantitative estimate of drug-likeness (QED) is 0.442. The molecule has 0 unspecified atom stereocenters. The second-order valence-electron chi connectivity index (χ2n) is 4.86. The maximum atomic E-state index is 10.6. The van der Waals surface area contributed by atoms with Gasteiger partial charge >= 0.3 is 0 Å². The Balaban J connectivity index is 1.64. The molecular weight excluding hydrogens is 292 g/mol. The summed E-state index contributed by atoms with van der Waals surface area (Å²) in [6.07, 6.45) is 5.62. The summed E-state index contributed by atoms with van der Waals surface area (Å²) in [5.74, 6) is 0. The van der Waals surface area contributed by atoms with Crippen LogP contribution in [0.3, 0.4) is 0 Å². The minimum absolute atomic E-state index is 0.0551. The van der Waals surface area contributed by atoms with Crippen molar-refractivity contribution >= 4 is 17.6 Å². The molecule has 23 heavy (non-hydrogen) atoms. The molecule has 0 saturated carbocycles. The average Bonchev–Trinajstić information content (AvgIpc) is 3.05. The number of nitro groups is 1. The molecule has 0 radical (unpaired) electrons. The molecule has 6 heteroatoms. The van der Waals surface area contributed by atoms with Crippen LogP contribution in [0.2, 0.25) is 0 Å². The third-order valence-electron chi connectivity index (χ3n) is 3.26. The number of nitrogens with one attached hydrogen (secondary N) is 1. The SMILES string of the molecule is O=[N+]([O-])c1ccc(N/N=C\c2ccn(-c3ccccc3)c2)cc1. The number of nitro benzene ring substituents is 1. The molecule has 0 saturated heterocycles. The lowest BCUT2D eigenvalue weighted by molar-refractivity contribution is -0.384. The van der Waals surface area contributed by atoms with Gasteiger partial charge in [-0.2, -0.15) is 5.10 Å². The Morgan fingerprint density at radius 2 is 1.78 bits per heavy atom. The minimum atomic E-state index is -0.431. The van der Waals surface area contributed by atoms with Crippen molar-refractivity contribution in [1.82, 2.24) is 4.57 Å². The first-order valence-corrected chi connectivity index (χ1v) is 6.99. The van der Waals surface area contributed by atoms with E-state index in [0.717, 1.165) is 11.3 Å². The van der Waals surface area contributed by atoms with Gasteiger partial charge in [-0.25, -0.2) is 0 Å². The monoisotopic (exact) mass is 306 g/mol. The van der Waals surface area contributed by atoms with Crippen LogP contribution >= 0.6 is 0 Å². The van der Waals surface area contributed by atoms with E-state index in [0.29, 0.717) is 5.69 Å². The Morgan fingerprint density at radius 1 is 1.04 bits per heavy atom. The molecule has 0 aliphatic carbocycles. The van der Waals surface area contributed by atoms with Gasteiger partial charge in [0.2, 0.25) is 0 Å². The van der Waals surface area contributed by atoms with E-state index in [1.807, 2.05) is 53.4 Å². The first kappa shape index (κ1) is 14.5. The predicted molar refractivity (Wildman–Crippen MR) is 90.1 cm³/mol. The summed E-state index contributed by atoms with van der Waals surface area (Å²) in [4.78, 5) is 10.2. The third-order valence-corrected chi connectivity index (χ3v) is 3.26. The molecule has 6 nitrogen and oxygen atoms in total. The van der Waals surface area contributed by atoms with Crippen molar-refractivity contribution < 1.29 is 4.92 Å². The molecule has 3 aromatic rings. The zero-order valence-electron chi connectivity index (χ0n) is 12.2. The standard InChI is InChI=1S/C17H14N4O2/c22-21(23)17-8-6-15(7-9-17)19-18-12-14-10-11-20(13-14)16-4-2-1-3-5-16/h1-13,19H/b18-12-. The molecule has 114 valence electrons. The summed E-state index contributed by atoms with van der Waals surface area (Å²) in [7, 11) is 0. The lowest BCUT2D eigenvalue weighted by Gasteiger charge is -2.00. The van der Waals surface area contributed by atoms with E-state index in [1.165, 1.54) is 12.1 Å². The number of non-ortho nitro benzene ring substituents is 1. The highest BCUT2D eigenvalue weighted by molar-refractivity contribution is 5.80. The molecule has 1 aromatic heterocycles. The minimum Gasteiger partial charge on any atom is -0.323 e. The second kappa shape index (κ2) is 6.57. The van der Waals surface area contributed by atoms with Gasteiger partial charge in [-0.3, -0.25) is 15.5 Å². The molecule has 0 aliphatic rings. The lowest BCUT2D eigenvalue weighted by atomic mass is 10.3. The van der Waals surface area contributed by atoms with E-state index in [9.17, 15) is 10.1 Å². The highest BCUT2D eigenvalue weighted by Crippen LogP contribution is 2.15. The maximum Gasteiger partial charge on any atom is 0.269 e. The van der Waals surface area contributed by atoms with Gasteiger partial charge in [0, 0.05) is 35.8 Å². The van der Waals surface area contributed by atoms with E-state index in [4.69, 9.17) is 0 Å². The molecule has 0 amide bonds. The van der Waals surface area contributed by atoms with Crippen LogP contribution in [0.5, 0.6) is 0 Å². The van der Waals surface area contributed by atoms with Crippen molar-refractivity contribution in [1.29, 1.82) is 0 Å². The van der Waals surface area contributed by atoms with Crippen molar-refractivity contribution in [3.8, 4) is 5.69 Å². The summed E-state index contributed by atoms with van der Waals surface area (Å²) < 4.78 is 2.01. The van der Waals surface area contributed by atoms with Gasteiger partial charge in [-0.15, -0.1) is 0 Å². The fourth-order valence-electron chi connectivity index (χ4n) is 2.09. The van der Waals surface area contributed by atoms with Gasteiger partial charge in [0.05, 0.1) is 16.8 Å². The van der Waals surface area contributed by atoms with Crippen LogP contribution in [0, 0.1) is 10.1 Å². The number of para-hydroxylation sites is 1. The van der Waals surface area contributed by atoms with Crippen molar-refractivity contribution in [2.45, 2.75) is 0 Å². The number of aromatic nitrogens is 1. The third kappa shape index (κ3) is 3.62. The van der Waals surface area contributed by atoms with Crippen molar-refractivity contribution in [3.63, 3.8) is 0 Å². The highest BCUT2D eigenvalue weighted by atomic mass is 16.6. The zero-order chi connectivity index (χ0) is 16.1. The molecule has 1 heterocycles. The van der Waals surface area contributed by atoms with Crippen molar-refractivity contribution in [2.75, 3.05) is 5.43 Å². The van der Waals surface area contributed by atoms with Crippen LogP contribution in [0.4, 0.5) is 11.4 Å². The molecule has 1 N–H and O–H groups in total. The lowest BCUT2D eigenvalue weighted by Crippen LogP contribution is -1.92. The molecule has 0 spiro atoms. The summed E-state index contributed by atoms with van der Waals surface area (Å²) in [6, 6.07) is 18.0. The van der Waals surface area contributed by atoms with E-state index in [2.05, 4.69) is 10.5 Å². The average molecular weight is 306 g/mol. The number of benzene rings is 2. The van der Waals surface area contributed by atoms with Crippen LogP contribution in [0.15, 0.2) is 78.2 Å². The zero-order valence-corrected chi connectivity index (χ0v) is 12.2. The molecular formula is C17H14N4O2. The molecule has 3 rings (SSSR count). The van der Waals surface area contributed by atoms with Gasteiger partial charge in [0.15, 0.2) is 0 Å². The largest absolute Gasteiger partial charge is 0.323 e. The van der Waals surface area contributed by atoms with Gasteiger partial charge in [-0.1, -0.05) is 18.2 Å². The number of hydrogen-bond acceptors (Lipinski definition) is 4. The summed E-state index contributed by atoms with van der Waals surface area (Å²) in [5.41, 5.74) is 5.62. The van der Waals surface area contributed by atoms with Crippen molar-refractivity contribution in [3.05, 3.63) is 88.7 Å². The molecule has 0 fully saturated rings. The Bertz CT molecular complexity index is 823. The van der Waals surface area contributed by atoms with Crippen LogP contribution in [-0.4, -0.2) is 15.7 Å². The normalized spacial score (nSPS) is 10.8. The predicted octanol–water partition coefficient (Wildman–Crippen LogP) is 3.83. The van der Waals surface area contributed by atoms with Gasteiger partial charge < -0.3 is 4.57 Å². The number of hydrazone groups is 1. The maximum absolute atomic E-state index is 10.6. The Labute approximate surface area is 132 Å². The number of hydrogen-bond donors (Lipinski definition) is 1. The van der Waals surface area contributed by atoms with Crippen LogP contribution in [-0.2, 0) is 0 Å². The fourth-order valence-corrected chi connectivity index (χ4v) is 2.09. The first-order chi connectivity index (χ1) is 11.2. The number of rotatable bonds is 5. The second-order valence-corrected chi connectivity index (χ2v) is 4.86. The summed E-state index contributed by atoms with van der Waals surface area (Å²) >= 11 is 0.